The Morgan fingerprint density at radius 1 is 1.27 bits per heavy atom. The van der Waals surface area contributed by atoms with Crippen LogP contribution < -0.4 is 10.5 Å². The lowest BCUT2D eigenvalue weighted by Gasteiger charge is -2.07. The third-order valence-corrected chi connectivity index (χ3v) is 5.00. The largest absolute Gasteiger partial charge is 0.455 e. The number of carbonyl (C=O) groups is 2. The Labute approximate surface area is 152 Å². The van der Waals surface area contributed by atoms with Crippen LogP contribution in [-0.2, 0) is 30.8 Å². The number of rotatable bonds is 6. The zero-order valence-electron chi connectivity index (χ0n) is 13.3. The Morgan fingerprint density at radius 3 is 2.65 bits per heavy atom. The van der Waals surface area contributed by atoms with Crippen molar-refractivity contribution >= 4 is 43.9 Å². The number of anilines is 1. The lowest BCUT2D eigenvalue weighted by molar-refractivity contribution is -0.146. The van der Waals surface area contributed by atoms with Crippen LogP contribution in [0.2, 0.25) is 0 Å². The highest BCUT2D eigenvalue weighted by molar-refractivity contribution is 7.89. The van der Waals surface area contributed by atoms with Gasteiger partial charge in [0.1, 0.15) is 0 Å². The number of primary sulfonamides is 1. The maximum Gasteiger partial charge on any atom is 0.312 e. The monoisotopic (exact) mass is 394 g/mol. The number of thiazole rings is 1. The third-order valence-electron chi connectivity index (χ3n) is 3.30. The molecule has 1 aromatic carbocycles. The lowest BCUT2D eigenvalue weighted by atomic mass is 10.3. The zero-order valence-corrected chi connectivity index (χ0v) is 14.9. The molecule has 0 radical (unpaired) electrons. The second kappa shape index (κ2) is 7.23. The number of hydrogen-bond acceptors (Lipinski definition) is 7. The summed E-state index contributed by atoms with van der Waals surface area (Å²) in [6.07, 6.45) is 3.52. The van der Waals surface area contributed by atoms with Gasteiger partial charge in [-0.05, 0) is 24.3 Å². The second-order valence-corrected chi connectivity index (χ2v) is 7.71. The molecule has 3 N–H and O–H groups in total. The number of esters is 1. The minimum Gasteiger partial charge on any atom is -0.455 e. The summed E-state index contributed by atoms with van der Waals surface area (Å²) in [6, 6.07) is 5.30. The predicted octanol–water partition coefficient (Wildman–Crippen LogP) is 0.768. The van der Waals surface area contributed by atoms with Crippen LogP contribution >= 0.6 is 11.3 Å². The summed E-state index contributed by atoms with van der Waals surface area (Å²) in [5, 5.41) is 9.36. The van der Waals surface area contributed by atoms with Crippen LogP contribution in [0.25, 0.3) is 4.96 Å². The number of amides is 1. The number of ether oxygens (including phenoxy) is 1. The average Bonchev–Trinajstić information content (AvgIpc) is 3.14. The average molecular weight is 394 g/mol. The third kappa shape index (κ3) is 4.45. The van der Waals surface area contributed by atoms with E-state index in [0.717, 1.165) is 4.96 Å². The predicted molar refractivity (Wildman–Crippen MR) is 94.2 cm³/mol. The van der Waals surface area contributed by atoms with Crippen LogP contribution in [0, 0.1) is 0 Å². The Balaban J connectivity index is 1.48. The standard InChI is InChI=1S/C15H14N4O5S2/c16-26(22,23)12-3-1-10(2-4-12)17-13(20)9-24-14(21)7-11-8-19-5-6-25-15(19)18-11/h1-6,8H,7,9H2,(H,17,20)(H2,16,22,23). The fourth-order valence-corrected chi connectivity index (χ4v) is 3.37. The molecule has 3 aromatic rings. The van der Waals surface area contributed by atoms with Crippen molar-refractivity contribution in [3.05, 3.63) is 47.7 Å². The summed E-state index contributed by atoms with van der Waals surface area (Å²) in [6.45, 7) is -0.460. The Hall–Kier alpha value is -2.76. The minimum atomic E-state index is -3.79. The smallest absolute Gasteiger partial charge is 0.312 e. The van der Waals surface area contributed by atoms with Crippen LogP contribution in [-0.4, -0.2) is 36.3 Å². The summed E-state index contributed by atoms with van der Waals surface area (Å²) >= 11 is 1.45. The van der Waals surface area contributed by atoms with E-state index in [2.05, 4.69) is 10.3 Å². The highest BCUT2D eigenvalue weighted by Gasteiger charge is 2.12. The van der Waals surface area contributed by atoms with Crippen LogP contribution in [0.5, 0.6) is 0 Å². The van der Waals surface area contributed by atoms with Crippen LogP contribution in [0.15, 0.2) is 46.9 Å². The summed E-state index contributed by atoms with van der Waals surface area (Å²) < 4.78 is 29.0. The number of benzene rings is 1. The molecule has 0 aliphatic rings. The molecule has 2 aromatic heterocycles. The molecule has 1 amide bonds. The van der Waals surface area contributed by atoms with Crippen LogP contribution in [0.1, 0.15) is 5.69 Å². The first-order valence-electron chi connectivity index (χ1n) is 7.31. The van der Waals surface area contributed by atoms with E-state index in [-0.39, 0.29) is 11.3 Å². The molecule has 0 spiro atoms. The summed E-state index contributed by atoms with van der Waals surface area (Å²) in [7, 11) is -3.79. The molecule has 136 valence electrons. The number of sulfonamides is 1. The van der Waals surface area contributed by atoms with E-state index >= 15 is 0 Å². The number of aromatic nitrogens is 2. The first kappa shape index (κ1) is 18.0. The van der Waals surface area contributed by atoms with Crippen LogP contribution in [0.4, 0.5) is 5.69 Å². The maximum atomic E-state index is 11.8. The van der Waals surface area contributed by atoms with Crippen LogP contribution in [0.3, 0.4) is 0 Å². The fourth-order valence-electron chi connectivity index (χ4n) is 2.13. The molecule has 3 rings (SSSR count). The molecule has 0 aliphatic carbocycles. The first-order valence-corrected chi connectivity index (χ1v) is 9.73. The van der Waals surface area contributed by atoms with Gasteiger partial charge in [-0.25, -0.2) is 18.5 Å². The van der Waals surface area contributed by atoms with Gasteiger partial charge in [-0.2, -0.15) is 0 Å². The first-order chi connectivity index (χ1) is 12.3. The van der Waals surface area contributed by atoms with Crippen molar-refractivity contribution in [2.45, 2.75) is 11.3 Å². The normalized spacial score (nSPS) is 11.4. The van der Waals surface area contributed by atoms with Gasteiger partial charge in [0, 0.05) is 23.5 Å². The van der Waals surface area contributed by atoms with Crippen molar-refractivity contribution in [1.29, 1.82) is 0 Å². The van der Waals surface area contributed by atoms with E-state index in [1.165, 1.54) is 35.6 Å². The van der Waals surface area contributed by atoms with Crippen molar-refractivity contribution in [3.63, 3.8) is 0 Å². The molecule has 2 heterocycles. The number of fused-ring (bicyclic) bond motifs is 1. The van der Waals surface area contributed by atoms with Gasteiger partial charge >= 0.3 is 5.97 Å². The van der Waals surface area contributed by atoms with Gasteiger partial charge in [-0.3, -0.25) is 14.0 Å². The van der Waals surface area contributed by atoms with Gasteiger partial charge < -0.3 is 10.1 Å². The van der Waals surface area contributed by atoms with Crippen molar-refractivity contribution < 1.29 is 22.7 Å². The molecular formula is C15H14N4O5S2. The van der Waals surface area contributed by atoms with E-state index in [4.69, 9.17) is 9.88 Å². The van der Waals surface area contributed by atoms with Gasteiger partial charge in [0.25, 0.3) is 5.91 Å². The highest BCUT2D eigenvalue weighted by atomic mass is 32.2. The Morgan fingerprint density at radius 2 is 2.00 bits per heavy atom. The summed E-state index contributed by atoms with van der Waals surface area (Å²) in [4.78, 5) is 28.6. The number of carbonyl (C=O) groups excluding carboxylic acids is 2. The summed E-state index contributed by atoms with van der Waals surface area (Å²) in [5.74, 6) is -1.12. The van der Waals surface area contributed by atoms with Crippen molar-refractivity contribution in [2.75, 3.05) is 11.9 Å². The fraction of sp³-hybridized carbons (Fsp3) is 0.133. The van der Waals surface area contributed by atoms with Gasteiger partial charge in [-0.1, -0.05) is 0 Å². The number of hydrogen-bond donors (Lipinski definition) is 2. The van der Waals surface area contributed by atoms with Gasteiger partial charge in [-0.15, -0.1) is 11.3 Å². The van der Waals surface area contributed by atoms with E-state index < -0.39 is 28.5 Å². The zero-order chi connectivity index (χ0) is 18.7. The van der Waals surface area contributed by atoms with Crippen molar-refractivity contribution in [1.82, 2.24) is 9.38 Å². The Bertz CT molecular complexity index is 1020. The van der Waals surface area contributed by atoms with Crippen molar-refractivity contribution in [3.8, 4) is 0 Å². The molecule has 0 saturated heterocycles. The number of nitrogens with two attached hydrogens (primary N) is 1. The molecule has 9 nitrogen and oxygen atoms in total. The Kier molecular flexibility index (Phi) is 5.02. The molecule has 0 bridgehead atoms. The molecule has 0 saturated carbocycles. The van der Waals surface area contributed by atoms with Gasteiger partial charge in [0.15, 0.2) is 11.6 Å². The quantitative estimate of drug-likeness (QED) is 0.593. The molecule has 26 heavy (non-hydrogen) atoms. The van der Waals surface area contributed by atoms with E-state index in [9.17, 15) is 18.0 Å². The molecule has 0 unspecified atom stereocenters. The number of nitrogens with one attached hydrogen (secondary N) is 1. The van der Waals surface area contributed by atoms with E-state index in [0.29, 0.717) is 11.4 Å². The van der Waals surface area contributed by atoms with Gasteiger partial charge in [0.05, 0.1) is 17.0 Å². The highest BCUT2D eigenvalue weighted by Crippen LogP contribution is 2.13. The SMILES string of the molecule is NS(=O)(=O)c1ccc(NC(=O)COC(=O)Cc2cn3ccsc3n2)cc1. The second-order valence-electron chi connectivity index (χ2n) is 5.28. The number of nitrogens with zero attached hydrogens (tertiary/aromatic N) is 2. The molecule has 0 atom stereocenters. The number of imidazole rings is 1. The van der Waals surface area contributed by atoms with Crippen molar-refractivity contribution in [2.24, 2.45) is 5.14 Å². The van der Waals surface area contributed by atoms with E-state index in [1.54, 1.807) is 10.6 Å². The molecule has 11 heteroatoms. The topological polar surface area (TPSA) is 133 Å². The lowest BCUT2D eigenvalue weighted by Crippen LogP contribution is -2.21. The maximum absolute atomic E-state index is 11.8. The van der Waals surface area contributed by atoms with E-state index in [1.807, 2.05) is 11.6 Å². The van der Waals surface area contributed by atoms with Gasteiger partial charge in [0.2, 0.25) is 10.0 Å². The minimum absolute atomic E-state index is 0.0370. The summed E-state index contributed by atoms with van der Waals surface area (Å²) in [5.41, 5.74) is 0.911. The molecule has 0 aliphatic heterocycles. The molecule has 0 fully saturated rings. The molecular weight excluding hydrogens is 380 g/mol.